The average molecular weight is 399 g/mol. The Hall–Kier alpha value is -3.60. The molecule has 4 rings (SSSR count). The summed E-state index contributed by atoms with van der Waals surface area (Å²) in [5.41, 5.74) is 4.05. The molecule has 1 heterocycles. The van der Waals surface area contributed by atoms with Gasteiger partial charge in [0.05, 0.1) is 17.1 Å². The molecular weight excluding hydrogens is 374 g/mol. The highest BCUT2D eigenvalue weighted by atomic mass is 16.5. The van der Waals surface area contributed by atoms with E-state index in [1.54, 1.807) is 0 Å². The van der Waals surface area contributed by atoms with Crippen LogP contribution in [-0.4, -0.2) is 15.5 Å². The lowest BCUT2D eigenvalue weighted by molar-refractivity contribution is -0.122. The van der Waals surface area contributed by atoms with Crippen LogP contribution in [0.1, 0.15) is 29.9 Å². The third kappa shape index (κ3) is 4.35. The Bertz CT molecular complexity index is 1150. The number of para-hydroxylation sites is 3. The van der Waals surface area contributed by atoms with E-state index in [9.17, 15) is 4.79 Å². The molecule has 1 N–H and O–H groups in total. The first-order valence-corrected chi connectivity index (χ1v) is 10.1. The molecule has 0 aliphatic rings. The van der Waals surface area contributed by atoms with Crippen LogP contribution in [0.4, 0.5) is 0 Å². The summed E-state index contributed by atoms with van der Waals surface area (Å²) in [6.45, 7) is 4.54. The second-order valence-electron chi connectivity index (χ2n) is 7.35. The predicted octanol–water partition coefficient (Wildman–Crippen LogP) is 4.80. The van der Waals surface area contributed by atoms with Crippen molar-refractivity contribution in [3.63, 3.8) is 0 Å². The zero-order chi connectivity index (χ0) is 20.9. The molecule has 1 aromatic heterocycles. The summed E-state index contributed by atoms with van der Waals surface area (Å²) in [6, 6.07) is 25.5. The number of imidazole rings is 1. The first-order chi connectivity index (χ1) is 14.6. The number of fused-ring (bicyclic) bond motifs is 1. The van der Waals surface area contributed by atoms with Gasteiger partial charge in [-0.1, -0.05) is 54.6 Å². The van der Waals surface area contributed by atoms with Crippen molar-refractivity contribution in [3.8, 4) is 5.75 Å². The molecule has 0 saturated carbocycles. The fourth-order valence-corrected chi connectivity index (χ4v) is 3.66. The SMILES string of the molecule is Cc1ccccc1[C@@H](C)NC(=O)Cn1c(COc2ccccc2)nc2ccccc21. The minimum atomic E-state index is -0.0718. The molecule has 0 aliphatic carbocycles. The molecule has 3 aromatic carbocycles. The van der Waals surface area contributed by atoms with E-state index in [1.807, 2.05) is 84.3 Å². The van der Waals surface area contributed by atoms with Crippen LogP contribution < -0.4 is 10.1 Å². The maximum absolute atomic E-state index is 12.9. The number of carbonyl (C=O) groups excluding carboxylic acids is 1. The Morgan fingerprint density at radius 1 is 1.00 bits per heavy atom. The van der Waals surface area contributed by atoms with Crippen LogP contribution in [0.3, 0.4) is 0 Å². The fourth-order valence-electron chi connectivity index (χ4n) is 3.66. The van der Waals surface area contributed by atoms with Crippen molar-refractivity contribution >= 4 is 16.9 Å². The van der Waals surface area contributed by atoms with Crippen molar-refractivity contribution in [2.75, 3.05) is 0 Å². The number of hydrogen-bond acceptors (Lipinski definition) is 3. The fraction of sp³-hybridized carbons (Fsp3) is 0.200. The lowest BCUT2D eigenvalue weighted by Gasteiger charge is -2.17. The number of carbonyl (C=O) groups is 1. The number of hydrogen-bond donors (Lipinski definition) is 1. The molecule has 30 heavy (non-hydrogen) atoms. The van der Waals surface area contributed by atoms with Gasteiger partial charge in [-0.15, -0.1) is 0 Å². The van der Waals surface area contributed by atoms with Crippen molar-refractivity contribution in [3.05, 3.63) is 95.8 Å². The number of nitrogens with zero attached hydrogens (tertiary/aromatic N) is 2. The number of aryl methyl sites for hydroxylation is 1. The van der Waals surface area contributed by atoms with Gasteiger partial charge in [0.15, 0.2) is 0 Å². The quantitative estimate of drug-likeness (QED) is 0.486. The third-order valence-corrected chi connectivity index (χ3v) is 5.18. The zero-order valence-electron chi connectivity index (χ0n) is 17.2. The number of benzene rings is 3. The van der Waals surface area contributed by atoms with Gasteiger partial charge in [-0.3, -0.25) is 4.79 Å². The highest BCUT2D eigenvalue weighted by Crippen LogP contribution is 2.20. The van der Waals surface area contributed by atoms with Gasteiger partial charge in [-0.2, -0.15) is 0 Å². The largest absolute Gasteiger partial charge is 0.486 e. The summed E-state index contributed by atoms with van der Waals surface area (Å²) < 4.78 is 7.82. The van der Waals surface area contributed by atoms with Crippen molar-refractivity contribution in [1.29, 1.82) is 0 Å². The maximum atomic E-state index is 12.9. The van der Waals surface area contributed by atoms with E-state index in [0.717, 1.165) is 33.7 Å². The summed E-state index contributed by atoms with van der Waals surface area (Å²) in [6.07, 6.45) is 0. The van der Waals surface area contributed by atoms with Crippen molar-refractivity contribution in [2.24, 2.45) is 0 Å². The highest BCUT2D eigenvalue weighted by molar-refractivity contribution is 5.81. The van der Waals surface area contributed by atoms with Crippen LogP contribution in [-0.2, 0) is 17.9 Å². The number of ether oxygens (including phenoxy) is 1. The maximum Gasteiger partial charge on any atom is 0.240 e. The van der Waals surface area contributed by atoms with Crippen LogP contribution in [0.25, 0.3) is 11.0 Å². The van der Waals surface area contributed by atoms with Crippen molar-refractivity contribution in [2.45, 2.75) is 33.0 Å². The minimum absolute atomic E-state index is 0.0603. The topological polar surface area (TPSA) is 56.2 Å². The number of nitrogens with one attached hydrogen (secondary N) is 1. The second kappa shape index (κ2) is 8.82. The van der Waals surface area contributed by atoms with Crippen molar-refractivity contribution in [1.82, 2.24) is 14.9 Å². The molecule has 1 atom stereocenters. The second-order valence-corrected chi connectivity index (χ2v) is 7.35. The molecular formula is C25H25N3O2. The standard InChI is InChI=1S/C25H25N3O2/c1-18-10-6-7-13-21(18)19(2)26-25(29)16-28-23-15-9-8-14-22(23)27-24(28)17-30-20-11-4-3-5-12-20/h3-15,19H,16-17H2,1-2H3,(H,26,29)/t19-/m1/s1. The minimum Gasteiger partial charge on any atom is -0.486 e. The molecule has 0 bridgehead atoms. The van der Waals surface area contributed by atoms with Crippen LogP contribution in [0.15, 0.2) is 78.9 Å². The number of aromatic nitrogens is 2. The lowest BCUT2D eigenvalue weighted by atomic mass is 10.0. The number of amides is 1. The van der Waals surface area contributed by atoms with Crippen LogP contribution in [0.2, 0.25) is 0 Å². The van der Waals surface area contributed by atoms with E-state index in [2.05, 4.69) is 18.3 Å². The Morgan fingerprint density at radius 3 is 2.50 bits per heavy atom. The molecule has 0 fully saturated rings. The molecule has 5 heteroatoms. The van der Waals surface area contributed by atoms with E-state index in [-0.39, 0.29) is 18.5 Å². The Morgan fingerprint density at radius 2 is 1.70 bits per heavy atom. The molecule has 0 unspecified atom stereocenters. The van der Waals surface area contributed by atoms with Gasteiger partial charge in [0.1, 0.15) is 24.7 Å². The molecule has 4 aromatic rings. The van der Waals surface area contributed by atoms with E-state index < -0.39 is 0 Å². The molecule has 1 amide bonds. The van der Waals surface area contributed by atoms with Crippen LogP contribution >= 0.6 is 0 Å². The van der Waals surface area contributed by atoms with Gasteiger partial charge in [-0.25, -0.2) is 4.98 Å². The molecule has 152 valence electrons. The summed E-state index contributed by atoms with van der Waals surface area (Å²) in [5, 5.41) is 3.11. The first-order valence-electron chi connectivity index (χ1n) is 10.1. The summed E-state index contributed by atoms with van der Waals surface area (Å²) >= 11 is 0. The van der Waals surface area contributed by atoms with E-state index in [4.69, 9.17) is 9.72 Å². The molecule has 0 spiro atoms. The number of rotatable bonds is 7. The Balaban J connectivity index is 1.53. The van der Waals surface area contributed by atoms with E-state index >= 15 is 0 Å². The lowest BCUT2D eigenvalue weighted by Crippen LogP contribution is -2.31. The van der Waals surface area contributed by atoms with Gasteiger partial charge < -0.3 is 14.6 Å². The molecule has 5 nitrogen and oxygen atoms in total. The highest BCUT2D eigenvalue weighted by Gasteiger charge is 2.16. The Labute approximate surface area is 176 Å². The van der Waals surface area contributed by atoms with Gasteiger partial charge in [-0.05, 0) is 49.2 Å². The molecule has 0 saturated heterocycles. The normalized spacial score (nSPS) is 11.9. The Kier molecular flexibility index (Phi) is 5.80. The van der Waals surface area contributed by atoms with Crippen molar-refractivity contribution < 1.29 is 9.53 Å². The summed E-state index contributed by atoms with van der Waals surface area (Å²) in [5.74, 6) is 1.43. The smallest absolute Gasteiger partial charge is 0.240 e. The van der Waals surface area contributed by atoms with Gasteiger partial charge in [0.25, 0.3) is 0 Å². The molecule has 0 radical (unpaired) electrons. The summed E-state index contributed by atoms with van der Waals surface area (Å²) in [7, 11) is 0. The van der Waals surface area contributed by atoms with Gasteiger partial charge in [0, 0.05) is 0 Å². The third-order valence-electron chi connectivity index (χ3n) is 5.18. The van der Waals surface area contributed by atoms with E-state index in [0.29, 0.717) is 6.61 Å². The van der Waals surface area contributed by atoms with E-state index in [1.165, 1.54) is 0 Å². The van der Waals surface area contributed by atoms with Crippen LogP contribution in [0.5, 0.6) is 5.75 Å². The average Bonchev–Trinajstić information content (AvgIpc) is 3.10. The first kappa shape index (κ1) is 19.7. The monoisotopic (exact) mass is 399 g/mol. The molecule has 0 aliphatic heterocycles. The van der Waals surface area contributed by atoms with Gasteiger partial charge in [0.2, 0.25) is 5.91 Å². The van der Waals surface area contributed by atoms with Crippen LogP contribution in [0, 0.1) is 6.92 Å². The summed E-state index contributed by atoms with van der Waals surface area (Å²) in [4.78, 5) is 17.6. The predicted molar refractivity (Wildman–Crippen MR) is 118 cm³/mol. The van der Waals surface area contributed by atoms with Gasteiger partial charge >= 0.3 is 0 Å². The zero-order valence-corrected chi connectivity index (χ0v) is 17.2.